The third-order valence-corrected chi connectivity index (χ3v) is 2.46. The minimum atomic E-state index is -0.811. The molecular formula is C12H8Cl2FNO. The molecule has 0 saturated heterocycles. The van der Waals surface area contributed by atoms with Crippen molar-refractivity contribution in [2.45, 2.75) is 4.84 Å². The lowest BCUT2D eigenvalue weighted by Gasteiger charge is -2.07. The molecule has 0 aliphatic heterocycles. The molecule has 0 bridgehead atoms. The van der Waals surface area contributed by atoms with Gasteiger partial charge < -0.3 is 4.74 Å². The molecule has 5 heteroatoms. The Morgan fingerprint density at radius 1 is 1.06 bits per heavy atom. The molecule has 0 unspecified atom stereocenters. The zero-order valence-electron chi connectivity index (χ0n) is 8.61. The molecule has 1 aromatic carbocycles. The quantitative estimate of drug-likeness (QED) is 0.768. The number of rotatable bonds is 3. The molecule has 0 spiro atoms. The molecule has 1 aromatic heterocycles. The summed E-state index contributed by atoms with van der Waals surface area (Å²) < 4.78 is 18.7. The van der Waals surface area contributed by atoms with Gasteiger partial charge in [-0.25, -0.2) is 9.37 Å². The second-order valence-electron chi connectivity index (χ2n) is 3.24. The molecule has 17 heavy (non-hydrogen) atoms. The zero-order chi connectivity index (χ0) is 12.3. The summed E-state index contributed by atoms with van der Waals surface area (Å²) >= 11 is 11.3. The smallest absolute Gasteiger partial charge is 0.256 e. The van der Waals surface area contributed by atoms with Crippen LogP contribution in [0.2, 0.25) is 0 Å². The predicted molar refractivity (Wildman–Crippen MR) is 65.2 cm³/mol. The van der Waals surface area contributed by atoms with Crippen molar-refractivity contribution in [3.8, 4) is 11.6 Å². The molecule has 0 atom stereocenters. The summed E-state index contributed by atoms with van der Waals surface area (Å²) in [6, 6.07) is 11.4. The minimum absolute atomic E-state index is 0.139. The molecule has 0 radical (unpaired) electrons. The number of hydrogen-bond acceptors (Lipinski definition) is 2. The summed E-state index contributed by atoms with van der Waals surface area (Å²) in [4.78, 5) is 3.09. The maximum Gasteiger partial charge on any atom is 0.256 e. The van der Waals surface area contributed by atoms with E-state index in [1.807, 2.05) is 6.07 Å². The van der Waals surface area contributed by atoms with Gasteiger partial charge in [-0.2, -0.15) is 0 Å². The summed E-state index contributed by atoms with van der Waals surface area (Å²) in [5.41, 5.74) is 0.348. The number of nitrogens with zero attached hydrogens (tertiary/aromatic N) is 1. The molecule has 0 aliphatic carbocycles. The summed E-state index contributed by atoms with van der Waals surface area (Å²) in [7, 11) is 0. The molecule has 2 rings (SSSR count). The highest BCUT2D eigenvalue weighted by molar-refractivity contribution is 6.43. The molecule has 0 fully saturated rings. The van der Waals surface area contributed by atoms with E-state index in [0.29, 0.717) is 11.4 Å². The van der Waals surface area contributed by atoms with Crippen LogP contribution in [0.1, 0.15) is 10.5 Å². The number of ether oxygens (including phenoxy) is 1. The van der Waals surface area contributed by atoms with Crippen molar-refractivity contribution in [2.75, 3.05) is 0 Å². The normalized spacial score (nSPS) is 10.6. The van der Waals surface area contributed by atoms with Crippen molar-refractivity contribution in [1.82, 2.24) is 4.98 Å². The van der Waals surface area contributed by atoms with Gasteiger partial charge in [0.2, 0.25) is 0 Å². The number of halogens is 3. The number of alkyl halides is 2. The van der Waals surface area contributed by atoms with Gasteiger partial charge in [-0.3, -0.25) is 0 Å². The Bertz CT molecular complexity index is 505. The second-order valence-corrected chi connectivity index (χ2v) is 4.34. The van der Waals surface area contributed by atoms with Crippen LogP contribution in [0.3, 0.4) is 0 Å². The Balaban J connectivity index is 2.29. The van der Waals surface area contributed by atoms with Crippen LogP contribution in [-0.4, -0.2) is 4.98 Å². The molecular weight excluding hydrogens is 264 g/mol. The van der Waals surface area contributed by atoms with E-state index in [-0.39, 0.29) is 5.88 Å². The van der Waals surface area contributed by atoms with E-state index in [4.69, 9.17) is 27.9 Å². The molecule has 0 saturated carbocycles. The SMILES string of the molecule is Fc1ccc(C(Cl)Cl)nc1Oc1ccccc1. The van der Waals surface area contributed by atoms with Gasteiger partial charge in [0.1, 0.15) is 10.6 Å². The van der Waals surface area contributed by atoms with Crippen molar-refractivity contribution in [3.63, 3.8) is 0 Å². The predicted octanol–water partition coefficient (Wildman–Crippen LogP) is 4.49. The van der Waals surface area contributed by atoms with E-state index in [1.54, 1.807) is 24.3 Å². The van der Waals surface area contributed by atoms with Crippen molar-refractivity contribution >= 4 is 23.2 Å². The van der Waals surface area contributed by atoms with E-state index in [1.165, 1.54) is 12.1 Å². The first-order chi connectivity index (χ1) is 8.16. The largest absolute Gasteiger partial charge is 0.436 e. The van der Waals surface area contributed by atoms with Crippen LogP contribution >= 0.6 is 23.2 Å². The molecule has 2 aromatic rings. The van der Waals surface area contributed by atoms with Crippen molar-refractivity contribution in [3.05, 3.63) is 54.0 Å². The molecule has 2 nitrogen and oxygen atoms in total. The molecule has 0 amide bonds. The van der Waals surface area contributed by atoms with Gasteiger partial charge in [0, 0.05) is 0 Å². The summed E-state index contributed by atoms with van der Waals surface area (Å²) in [6.45, 7) is 0. The maximum absolute atomic E-state index is 13.4. The molecule has 1 heterocycles. The highest BCUT2D eigenvalue weighted by Gasteiger charge is 2.11. The van der Waals surface area contributed by atoms with Crippen molar-refractivity contribution < 1.29 is 9.13 Å². The summed E-state index contributed by atoms with van der Waals surface area (Å²) in [5.74, 6) is -0.205. The maximum atomic E-state index is 13.4. The van der Waals surface area contributed by atoms with Crippen LogP contribution in [0.5, 0.6) is 11.6 Å². The highest BCUT2D eigenvalue weighted by atomic mass is 35.5. The Morgan fingerprint density at radius 2 is 1.76 bits per heavy atom. The van der Waals surface area contributed by atoms with Crippen LogP contribution in [0.15, 0.2) is 42.5 Å². The van der Waals surface area contributed by atoms with E-state index >= 15 is 0 Å². The fourth-order valence-electron chi connectivity index (χ4n) is 1.23. The van der Waals surface area contributed by atoms with Gasteiger partial charge in [0.05, 0.1) is 5.69 Å². The van der Waals surface area contributed by atoms with E-state index < -0.39 is 10.7 Å². The van der Waals surface area contributed by atoms with Crippen molar-refractivity contribution in [2.24, 2.45) is 0 Å². The van der Waals surface area contributed by atoms with Gasteiger partial charge in [-0.05, 0) is 24.3 Å². The first-order valence-electron chi connectivity index (χ1n) is 4.84. The number of hydrogen-bond donors (Lipinski definition) is 0. The van der Waals surface area contributed by atoms with Crippen molar-refractivity contribution in [1.29, 1.82) is 0 Å². The van der Waals surface area contributed by atoms with Crippen LogP contribution in [0, 0.1) is 5.82 Å². The lowest BCUT2D eigenvalue weighted by molar-refractivity contribution is 0.421. The number of aromatic nitrogens is 1. The number of pyridine rings is 1. The van der Waals surface area contributed by atoms with Crippen LogP contribution < -0.4 is 4.74 Å². The average Bonchev–Trinajstić information content (AvgIpc) is 2.33. The first kappa shape index (κ1) is 12.1. The van der Waals surface area contributed by atoms with E-state index in [0.717, 1.165) is 0 Å². The fraction of sp³-hybridized carbons (Fsp3) is 0.0833. The van der Waals surface area contributed by atoms with E-state index in [9.17, 15) is 4.39 Å². The van der Waals surface area contributed by atoms with Crippen LogP contribution in [0.4, 0.5) is 4.39 Å². The van der Waals surface area contributed by atoms with Crippen LogP contribution in [0.25, 0.3) is 0 Å². The topological polar surface area (TPSA) is 22.1 Å². The fourth-order valence-corrected chi connectivity index (χ4v) is 1.47. The van der Waals surface area contributed by atoms with Gasteiger partial charge >= 0.3 is 0 Å². The molecule has 88 valence electrons. The lowest BCUT2D eigenvalue weighted by atomic mass is 10.3. The standard InChI is InChI=1S/C12H8Cl2FNO/c13-11(14)10-7-6-9(15)12(16-10)17-8-4-2-1-3-5-8/h1-7,11H. The van der Waals surface area contributed by atoms with Gasteiger partial charge in [-0.15, -0.1) is 0 Å². The monoisotopic (exact) mass is 271 g/mol. The summed E-state index contributed by atoms with van der Waals surface area (Å²) in [5, 5.41) is 0. The first-order valence-corrected chi connectivity index (χ1v) is 5.71. The second kappa shape index (κ2) is 5.34. The van der Waals surface area contributed by atoms with Gasteiger partial charge in [0.25, 0.3) is 5.88 Å². The third kappa shape index (κ3) is 3.08. The Morgan fingerprint density at radius 3 is 2.41 bits per heavy atom. The zero-order valence-corrected chi connectivity index (χ0v) is 10.1. The Kier molecular flexibility index (Phi) is 3.82. The molecule has 0 N–H and O–H groups in total. The minimum Gasteiger partial charge on any atom is -0.436 e. The Labute approximate surface area is 108 Å². The third-order valence-electron chi connectivity index (χ3n) is 2.02. The number of benzene rings is 1. The van der Waals surface area contributed by atoms with Gasteiger partial charge in [-0.1, -0.05) is 41.4 Å². The highest BCUT2D eigenvalue weighted by Crippen LogP contribution is 2.28. The van der Waals surface area contributed by atoms with Crippen LogP contribution in [-0.2, 0) is 0 Å². The van der Waals surface area contributed by atoms with E-state index in [2.05, 4.69) is 4.98 Å². The average molecular weight is 272 g/mol. The molecule has 0 aliphatic rings. The lowest BCUT2D eigenvalue weighted by Crippen LogP contribution is -1.96. The number of para-hydroxylation sites is 1. The Hall–Kier alpha value is -1.32. The summed E-state index contributed by atoms with van der Waals surface area (Å²) in [6.07, 6.45) is 0. The van der Waals surface area contributed by atoms with Gasteiger partial charge in [0.15, 0.2) is 5.82 Å².